The molecule has 2 aromatic rings. The van der Waals surface area contributed by atoms with Gasteiger partial charge in [-0.15, -0.1) is 11.3 Å². The molecule has 1 atom stereocenters. The van der Waals surface area contributed by atoms with Crippen LogP contribution in [0.15, 0.2) is 47.9 Å². The lowest BCUT2D eigenvalue weighted by atomic mass is 10.1. The quantitative estimate of drug-likeness (QED) is 0.470. The topological polar surface area (TPSA) is 43.4 Å². The van der Waals surface area contributed by atoms with E-state index in [4.69, 9.17) is 16.3 Å². The van der Waals surface area contributed by atoms with Crippen LogP contribution >= 0.6 is 22.9 Å². The van der Waals surface area contributed by atoms with Crippen LogP contribution in [0.5, 0.6) is 0 Å². The van der Waals surface area contributed by atoms with Crippen molar-refractivity contribution in [1.29, 1.82) is 0 Å². The number of ketones is 1. The van der Waals surface area contributed by atoms with Gasteiger partial charge in [-0.3, -0.25) is 4.79 Å². The fourth-order valence-electron chi connectivity index (χ4n) is 1.68. The number of esters is 1. The van der Waals surface area contributed by atoms with Crippen LogP contribution in [0, 0.1) is 0 Å². The Morgan fingerprint density at radius 1 is 1.29 bits per heavy atom. The van der Waals surface area contributed by atoms with Crippen molar-refractivity contribution >= 4 is 40.8 Å². The Hall–Kier alpha value is -1.91. The van der Waals surface area contributed by atoms with Gasteiger partial charge in [0.15, 0.2) is 6.10 Å². The Morgan fingerprint density at radius 3 is 2.76 bits per heavy atom. The average molecular weight is 321 g/mol. The highest BCUT2D eigenvalue weighted by Crippen LogP contribution is 2.14. The number of Topliss-reactive ketones (excluding diaryl/α,β-unsaturated/α-hetero) is 1. The number of hydrogen-bond acceptors (Lipinski definition) is 4. The molecule has 0 N–H and O–H groups in total. The summed E-state index contributed by atoms with van der Waals surface area (Å²) in [4.78, 5) is 24.7. The van der Waals surface area contributed by atoms with E-state index < -0.39 is 12.1 Å². The zero-order valence-corrected chi connectivity index (χ0v) is 12.9. The van der Waals surface area contributed by atoms with Gasteiger partial charge in [-0.1, -0.05) is 29.8 Å². The Balaban J connectivity index is 1.96. The zero-order valence-electron chi connectivity index (χ0n) is 11.3. The number of halogens is 1. The van der Waals surface area contributed by atoms with Gasteiger partial charge in [0.2, 0.25) is 5.78 Å². The molecule has 108 valence electrons. The van der Waals surface area contributed by atoms with E-state index >= 15 is 0 Å². The third-order valence-electron chi connectivity index (χ3n) is 2.70. The second-order valence-corrected chi connectivity index (χ2v) is 5.72. The molecule has 0 spiro atoms. The minimum Gasteiger partial charge on any atom is -0.451 e. The fraction of sp³-hybridized carbons (Fsp3) is 0.125. The van der Waals surface area contributed by atoms with Gasteiger partial charge in [-0.2, -0.15) is 0 Å². The van der Waals surface area contributed by atoms with Gasteiger partial charge in [0.1, 0.15) is 0 Å². The highest BCUT2D eigenvalue weighted by Gasteiger charge is 2.18. The minimum absolute atomic E-state index is 0.282. The molecule has 1 aromatic heterocycles. The van der Waals surface area contributed by atoms with Crippen molar-refractivity contribution < 1.29 is 14.3 Å². The number of carbonyl (C=O) groups excluding carboxylic acids is 2. The molecule has 0 amide bonds. The summed E-state index contributed by atoms with van der Waals surface area (Å²) < 4.78 is 5.09. The van der Waals surface area contributed by atoms with Gasteiger partial charge in [-0.05, 0) is 36.6 Å². The lowest BCUT2D eigenvalue weighted by Crippen LogP contribution is -2.23. The standard InChI is InChI=1S/C16H13ClO3S/c1-11(16(19)12-4-2-5-13(17)10-12)20-15(18)8-7-14-6-3-9-21-14/h2-11H,1H3. The lowest BCUT2D eigenvalue weighted by Gasteiger charge is -2.10. The largest absolute Gasteiger partial charge is 0.451 e. The summed E-state index contributed by atoms with van der Waals surface area (Å²) in [7, 11) is 0. The molecule has 0 fully saturated rings. The number of ether oxygens (including phenoxy) is 1. The summed E-state index contributed by atoms with van der Waals surface area (Å²) >= 11 is 7.35. The summed E-state index contributed by atoms with van der Waals surface area (Å²) in [5.41, 5.74) is 0.421. The molecule has 21 heavy (non-hydrogen) atoms. The van der Waals surface area contributed by atoms with E-state index in [0.717, 1.165) is 4.88 Å². The summed E-state index contributed by atoms with van der Waals surface area (Å²) in [6.45, 7) is 1.54. The number of thiophene rings is 1. The Kier molecular flexibility index (Phi) is 5.31. The van der Waals surface area contributed by atoms with Gasteiger partial charge < -0.3 is 4.74 Å². The number of rotatable bonds is 5. The predicted molar refractivity (Wildman–Crippen MR) is 84.7 cm³/mol. The van der Waals surface area contributed by atoms with E-state index in [1.807, 2.05) is 17.5 Å². The van der Waals surface area contributed by atoms with Gasteiger partial charge in [0.25, 0.3) is 0 Å². The molecule has 3 nitrogen and oxygen atoms in total. The molecule has 1 unspecified atom stereocenters. The van der Waals surface area contributed by atoms with Crippen molar-refractivity contribution in [3.05, 3.63) is 63.3 Å². The van der Waals surface area contributed by atoms with Crippen molar-refractivity contribution in [2.75, 3.05) is 0 Å². The molecule has 2 rings (SSSR count). The van der Waals surface area contributed by atoms with Crippen molar-refractivity contribution in [2.45, 2.75) is 13.0 Å². The average Bonchev–Trinajstić information content (AvgIpc) is 2.97. The van der Waals surface area contributed by atoms with Gasteiger partial charge in [0, 0.05) is 21.5 Å². The molecular weight excluding hydrogens is 308 g/mol. The van der Waals surface area contributed by atoms with E-state index in [9.17, 15) is 9.59 Å². The van der Waals surface area contributed by atoms with E-state index in [1.165, 1.54) is 17.4 Å². The Bertz CT molecular complexity index is 662. The van der Waals surface area contributed by atoms with E-state index in [1.54, 1.807) is 37.3 Å². The van der Waals surface area contributed by atoms with Crippen molar-refractivity contribution in [1.82, 2.24) is 0 Å². The second-order valence-electron chi connectivity index (χ2n) is 4.30. The number of carbonyl (C=O) groups is 2. The molecular formula is C16H13ClO3S. The highest BCUT2D eigenvalue weighted by molar-refractivity contribution is 7.10. The van der Waals surface area contributed by atoms with Crippen molar-refractivity contribution in [3.63, 3.8) is 0 Å². The van der Waals surface area contributed by atoms with E-state index in [0.29, 0.717) is 10.6 Å². The number of hydrogen-bond donors (Lipinski definition) is 0. The normalized spacial score (nSPS) is 12.3. The maximum atomic E-state index is 12.1. The van der Waals surface area contributed by atoms with Gasteiger partial charge in [0.05, 0.1) is 0 Å². The second kappa shape index (κ2) is 7.20. The van der Waals surface area contributed by atoms with Crippen LogP contribution in [0.3, 0.4) is 0 Å². The van der Waals surface area contributed by atoms with Gasteiger partial charge in [-0.25, -0.2) is 4.79 Å². The van der Waals surface area contributed by atoms with Crippen LogP contribution < -0.4 is 0 Å². The zero-order chi connectivity index (χ0) is 15.2. The third kappa shape index (κ3) is 4.55. The Labute approximate surface area is 131 Å². The van der Waals surface area contributed by atoms with Crippen LogP contribution in [0.25, 0.3) is 6.08 Å². The molecule has 0 bridgehead atoms. The van der Waals surface area contributed by atoms with E-state index in [-0.39, 0.29) is 5.78 Å². The van der Waals surface area contributed by atoms with Crippen LogP contribution in [-0.2, 0) is 9.53 Å². The monoisotopic (exact) mass is 320 g/mol. The first-order valence-corrected chi connectivity index (χ1v) is 7.54. The fourth-order valence-corrected chi connectivity index (χ4v) is 2.49. The summed E-state index contributed by atoms with van der Waals surface area (Å²) in [5.74, 6) is -0.832. The first-order chi connectivity index (χ1) is 10.1. The van der Waals surface area contributed by atoms with Crippen molar-refractivity contribution in [3.8, 4) is 0 Å². The molecule has 5 heteroatoms. The molecule has 1 heterocycles. The van der Waals surface area contributed by atoms with Crippen molar-refractivity contribution in [2.24, 2.45) is 0 Å². The van der Waals surface area contributed by atoms with Crippen LogP contribution in [0.4, 0.5) is 0 Å². The van der Waals surface area contributed by atoms with Crippen LogP contribution in [0.2, 0.25) is 5.02 Å². The predicted octanol–water partition coefficient (Wildman–Crippen LogP) is 4.23. The smallest absolute Gasteiger partial charge is 0.331 e. The summed E-state index contributed by atoms with van der Waals surface area (Å²) in [6.07, 6.45) is 2.11. The van der Waals surface area contributed by atoms with E-state index in [2.05, 4.69) is 0 Å². The third-order valence-corrected chi connectivity index (χ3v) is 3.77. The summed E-state index contributed by atoms with van der Waals surface area (Å²) in [5, 5.41) is 2.38. The molecule has 0 saturated carbocycles. The van der Waals surface area contributed by atoms with Gasteiger partial charge >= 0.3 is 5.97 Å². The SMILES string of the molecule is CC(OC(=O)C=Cc1cccs1)C(=O)c1cccc(Cl)c1. The maximum absolute atomic E-state index is 12.1. The molecule has 0 aliphatic rings. The minimum atomic E-state index is -0.857. The van der Waals surface area contributed by atoms with Crippen LogP contribution in [-0.4, -0.2) is 17.9 Å². The maximum Gasteiger partial charge on any atom is 0.331 e. The first kappa shape index (κ1) is 15.5. The molecule has 0 aliphatic carbocycles. The molecule has 0 aliphatic heterocycles. The molecule has 0 saturated heterocycles. The lowest BCUT2D eigenvalue weighted by molar-refractivity contribution is -0.140. The first-order valence-electron chi connectivity index (χ1n) is 6.28. The van der Waals surface area contributed by atoms with Crippen LogP contribution in [0.1, 0.15) is 22.2 Å². The highest BCUT2D eigenvalue weighted by atomic mass is 35.5. The number of benzene rings is 1. The molecule has 1 aromatic carbocycles. The summed E-state index contributed by atoms with van der Waals surface area (Å²) in [6, 6.07) is 10.3. The Morgan fingerprint density at radius 2 is 2.10 bits per heavy atom. The molecule has 0 radical (unpaired) electrons.